The SMILES string of the molecule is COC(=O)NN(C(=O)C[C@@H](C)c1nc(-c2ccc(-c3ccc(-c4c[nH]c([C@H](C)CC(=O)N(NC(=O)OC)C(C)C)n4)cc3)cc2)c[nH]1)C(C)C. The molecular formula is C36H46N8O6. The van der Waals surface area contributed by atoms with Gasteiger partial charge in [-0.1, -0.05) is 62.4 Å². The molecule has 0 saturated carbocycles. The maximum atomic E-state index is 12.9. The first-order chi connectivity index (χ1) is 23.8. The monoisotopic (exact) mass is 686 g/mol. The van der Waals surface area contributed by atoms with Gasteiger partial charge in [0.1, 0.15) is 11.6 Å². The van der Waals surface area contributed by atoms with Gasteiger partial charge in [0.05, 0.1) is 25.6 Å². The zero-order valence-electron chi connectivity index (χ0n) is 29.7. The Morgan fingerprint density at radius 3 is 1.22 bits per heavy atom. The largest absolute Gasteiger partial charge is 0.452 e. The van der Waals surface area contributed by atoms with Gasteiger partial charge in [0.25, 0.3) is 0 Å². The van der Waals surface area contributed by atoms with E-state index in [1.807, 2.05) is 102 Å². The highest BCUT2D eigenvalue weighted by Gasteiger charge is 2.25. The molecule has 0 aliphatic heterocycles. The van der Waals surface area contributed by atoms with Crippen LogP contribution in [0.4, 0.5) is 9.59 Å². The molecule has 14 nitrogen and oxygen atoms in total. The molecule has 2 aromatic heterocycles. The number of hydrazine groups is 2. The highest BCUT2D eigenvalue weighted by Crippen LogP contribution is 2.29. The molecule has 4 amide bonds. The summed E-state index contributed by atoms with van der Waals surface area (Å²) in [6, 6.07) is 15.7. The maximum Gasteiger partial charge on any atom is 0.425 e. The smallest absolute Gasteiger partial charge is 0.425 e. The van der Waals surface area contributed by atoms with E-state index in [4.69, 9.17) is 9.97 Å². The average molecular weight is 687 g/mol. The van der Waals surface area contributed by atoms with E-state index in [0.29, 0.717) is 11.6 Å². The molecule has 4 N–H and O–H groups in total. The third kappa shape index (κ3) is 9.27. The molecular weight excluding hydrogens is 640 g/mol. The van der Waals surface area contributed by atoms with Gasteiger partial charge in [-0.3, -0.25) is 9.59 Å². The van der Waals surface area contributed by atoms with Crippen molar-refractivity contribution in [1.29, 1.82) is 0 Å². The molecule has 0 aliphatic rings. The van der Waals surface area contributed by atoms with Crippen LogP contribution in [0.15, 0.2) is 60.9 Å². The third-order valence-electron chi connectivity index (χ3n) is 8.15. The van der Waals surface area contributed by atoms with Crippen molar-refractivity contribution < 1.29 is 28.7 Å². The highest BCUT2D eigenvalue weighted by atomic mass is 16.5. The summed E-state index contributed by atoms with van der Waals surface area (Å²) in [5, 5.41) is 2.54. The number of H-pyrrole nitrogens is 2. The van der Waals surface area contributed by atoms with Crippen LogP contribution in [-0.4, -0.2) is 80.3 Å². The fourth-order valence-electron chi connectivity index (χ4n) is 5.30. The molecule has 0 unspecified atom stereocenters. The van der Waals surface area contributed by atoms with E-state index in [9.17, 15) is 19.2 Å². The number of methoxy groups -OCH3 is 2. The fraction of sp³-hybridized carbons (Fsp3) is 0.389. The summed E-state index contributed by atoms with van der Waals surface area (Å²) in [7, 11) is 2.50. The number of nitrogens with one attached hydrogen (secondary N) is 4. The first-order valence-corrected chi connectivity index (χ1v) is 16.5. The Morgan fingerprint density at radius 1 is 0.600 bits per heavy atom. The minimum absolute atomic E-state index is 0.148. The summed E-state index contributed by atoms with van der Waals surface area (Å²) in [6.45, 7) is 11.0. The van der Waals surface area contributed by atoms with E-state index < -0.39 is 12.2 Å². The number of imidazole rings is 2. The van der Waals surface area contributed by atoms with Gasteiger partial charge in [-0.05, 0) is 38.8 Å². The minimum atomic E-state index is -0.699. The van der Waals surface area contributed by atoms with Gasteiger partial charge in [0, 0.05) is 60.3 Å². The van der Waals surface area contributed by atoms with E-state index in [0.717, 1.165) is 33.6 Å². The van der Waals surface area contributed by atoms with Crippen molar-refractivity contribution in [2.75, 3.05) is 14.2 Å². The molecule has 0 aliphatic carbocycles. The van der Waals surface area contributed by atoms with Gasteiger partial charge >= 0.3 is 12.2 Å². The molecule has 266 valence electrons. The number of benzene rings is 2. The Morgan fingerprint density at radius 2 is 0.920 bits per heavy atom. The van der Waals surface area contributed by atoms with Crippen LogP contribution in [-0.2, 0) is 19.1 Å². The van der Waals surface area contributed by atoms with Crippen LogP contribution in [0.1, 0.15) is 77.9 Å². The molecule has 4 aromatic rings. The number of amides is 4. The van der Waals surface area contributed by atoms with Crippen LogP contribution in [0, 0.1) is 0 Å². The average Bonchev–Trinajstić information content (AvgIpc) is 3.80. The van der Waals surface area contributed by atoms with E-state index >= 15 is 0 Å². The highest BCUT2D eigenvalue weighted by molar-refractivity contribution is 5.81. The lowest BCUT2D eigenvalue weighted by Crippen LogP contribution is -2.50. The van der Waals surface area contributed by atoms with Crippen molar-refractivity contribution in [3.63, 3.8) is 0 Å². The molecule has 2 heterocycles. The Bertz CT molecular complexity index is 1630. The van der Waals surface area contributed by atoms with Gasteiger partial charge in [0.2, 0.25) is 11.8 Å². The molecule has 4 rings (SSSR count). The Hall–Kier alpha value is -5.66. The Labute approximate surface area is 291 Å². The van der Waals surface area contributed by atoms with E-state index in [1.54, 1.807) is 0 Å². The number of rotatable bonds is 11. The zero-order chi connectivity index (χ0) is 36.5. The molecule has 2 aromatic carbocycles. The summed E-state index contributed by atoms with van der Waals surface area (Å²) >= 11 is 0. The topological polar surface area (TPSA) is 175 Å². The van der Waals surface area contributed by atoms with Crippen LogP contribution >= 0.6 is 0 Å². The van der Waals surface area contributed by atoms with Crippen molar-refractivity contribution in [2.45, 2.75) is 78.3 Å². The minimum Gasteiger partial charge on any atom is -0.452 e. The predicted molar refractivity (Wildman–Crippen MR) is 188 cm³/mol. The quantitative estimate of drug-likeness (QED) is 0.136. The number of nitrogens with zero attached hydrogens (tertiary/aromatic N) is 4. The zero-order valence-corrected chi connectivity index (χ0v) is 29.7. The molecule has 14 heteroatoms. The Balaban J connectivity index is 1.37. The molecule has 0 spiro atoms. The Kier molecular flexibility index (Phi) is 12.4. The van der Waals surface area contributed by atoms with Crippen LogP contribution < -0.4 is 10.9 Å². The number of hydrogen-bond donors (Lipinski definition) is 4. The molecule has 2 atom stereocenters. The van der Waals surface area contributed by atoms with Crippen LogP contribution in [0.3, 0.4) is 0 Å². The lowest BCUT2D eigenvalue weighted by molar-refractivity contribution is -0.137. The van der Waals surface area contributed by atoms with E-state index in [-0.39, 0.29) is 48.6 Å². The summed E-state index contributed by atoms with van der Waals surface area (Å²) in [5.41, 5.74) is 10.4. The first-order valence-electron chi connectivity index (χ1n) is 16.5. The second-order valence-electron chi connectivity index (χ2n) is 12.6. The summed E-state index contributed by atoms with van der Waals surface area (Å²) < 4.78 is 9.27. The van der Waals surface area contributed by atoms with Crippen molar-refractivity contribution in [1.82, 2.24) is 40.8 Å². The first kappa shape index (κ1) is 37.2. The summed E-state index contributed by atoms with van der Waals surface area (Å²) in [6.07, 6.45) is 2.54. The number of aromatic amines is 2. The standard InChI is InChI=1S/C36H46N8O6/c1-21(2)43(41-35(47)49-7)31(45)17-23(5)33-37-19-29(39-33)27-13-9-25(10-14-27)26-11-15-28(16-12-26)30-20-38-34(40-30)24(6)18-32(46)44(22(3)4)42-36(48)50-8/h9-16,19-24H,17-18H2,1-8H3,(H,37,39)(H,38,40)(H,41,47)(H,42,48)/t23-,24-/m1/s1. The molecule has 0 bridgehead atoms. The van der Waals surface area contributed by atoms with E-state index in [2.05, 4.69) is 30.3 Å². The van der Waals surface area contributed by atoms with Crippen molar-refractivity contribution in [2.24, 2.45) is 0 Å². The van der Waals surface area contributed by atoms with Gasteiger partial charge in [-0.25, -0.2) is 40.4 Å². The van der Waals surface area contributed by atoms with Gasteiger partial charge in [-0.2, -0.15) is 0 Å². The number of hydrogen-bond acceptors (Lipinski definition) is 8. The number of carbonyl (C=O) groups is 4. The van der Waals surface area contributed by atoms with Crippen LogP contribution in [0.25, 0.3) is 33.6 Å². The molecule has 0 radical (unpaired) electrons. The summed E-state index contributed by atoms with van der Waals surface area (Å²) in [4.78, 5) is 65.0. The number of aromatic nitrogens is 4. The van der Waals surface area contributed by atoms with Gasteiger partial charge < -0.3 is 19.4 Å². The fourth-order valence-corrected chi connectivity index (χ4v) is 5.30. The lowest BCUT2D eigenvalue weighted by Gasteiger charge is -2.27. The predicted octanol–water partition coefficient (Wildman–Crippen LogP) is 6.14. The molecule has 0 saturated heterocycles. The van der Waals surface area contributed by atoms with Crippen LogP contribution in [0.2, 0.25) is 0 Å². The number of carbonyl (C=O) groups excluding carboxylic acids is 4. The van der Waals surface area contributed by atoms with Crippen molar-refractivity contribution in [3.8, 4) is 33.6 Å². The van der Waals surface area contributed by atoms with Gasteiger partial charge in [-0.15, -0.1) is 0 Å². The van der Waals surface area contributed by atoms with Crippen molar-refractivity contribution >= 4 is 24.0 Å². The lowest BCUT2D eigenvalue weighted by atomic mass is 10.0. The second-order valence-corrected chi connectivity index (χ2v) is 12.6. The van der Waals surface area contributed by atoms with E-state index in [1.165, 1.54) is 24.2 Å². The third-order valence-corrected chi connectivity index (χ3v) is 8.15. The molecule has 50 heavy (non-hydrogen) atoms. The normalized spacial score (nSPS) is 12.3. The van der Waals surface area contributed by atoms with Crippen LogP contribution in [0.5, 0.6) is 0 Å². The molecule has 0 fully saturated rings. The maximum absolute atomic E-state index is 12.9. The van der Waals surface area contributed by atoms with Gasteiger partial charge in [0.15, 0.2) is 0 Å². The van der Waals surface area contributed by atoms with Crippen molar-refractivity contribution in [3.05, 3.63) is 72.6 Å². The second kappa shape index (κ2) is 16.6. The number of ether oxygens (including phenoxy) is 2. The summed E-state index contributed by atoms with van der Waals surface area (Å²) in [5.74, 6) is 0.430.